The Labute approximate surface area is 107 Å². The van der Waals surface area contributed by atoms with Crippen LogP contribution in [0.25, 0.3) is 0 Å². The standard InChI is InChI=1S/C13H15ClN2O/c1-10-2-3-13(11(6-10)7-14)16-4-5-17-12(8-15)9-16/h2-3,6,12H,4-5,7,9H2,1H3. The molecule has 3 nitrogen and oxygen atoms in total. The number of hydrogen-bond acceptors (Lipinski definition) is 3. The van der Waals surface area contributed by atoms with Crippen molar-refractivity contribution >= 4 is 17.3 Å². The van der Waals surface area contributed by atoms with Crippen LogP contribution in [0.4, 0.5) is 5.69 Å². The summed E-state index contributed by atoms with van der Waals surface area (Å²) >= 11 is 5.97. The molecule has 0 N–H and O–H groups in total. The van der Waals surface area contributed by atoms with Crippen molar-refractivity contribution in [1.82, 2.24) is 0 Å². The molecule has 0 aromatic heterocycles. The third-order valence-corrected chi connectivity index (χ3v) is 3.22. The number of benzene rings is 1. The van der Waals surface area contributed by atoms with Crippen molar-refractivity contribution in [2.75, 3.05) is 24.6 Å². The second kappa shape index (κ2) is 5.39. The molecule has 4 heteroatoms. The first kappa shape index (κ1) is 12.2. The molecule has 0 spiro atoms. The fraction of sp³-hybridized carbons (Fsp3) is 0.462. The van der Waals surface area contributed by atoms with Gasteiger partial charge in [0.25, 0.3) is 0 Å². The van der Waals surface area contributed by atoms with E-state index >= 15 is 0 Å². The predicted octanol–water partition coefficient (Wildman–Crippen LogP) is 2.46. The van der Waals surface area contributed by atoms with Crippen LogP contribution in [0.3, 0.4) is 0 Å². The van der Waals surface area contributed by atoms with Gasteiger partial charge in [0.05, 0.1) is 19.2 Å². The van der Waals surface area contributed by atoms with Crippen molar-refractivity contribution in [2.45, 2.75) is 18.9 Å². The summed E-state index contributed by atoms with van der Waals surface area (Å²) in [5.74, 6) is 0.492. The Morgan fingerprint density at radius 3 is 3.12 bits per heavy atom. The molecule has 90 valence electrons. The zero-order valence-electron chi connectivity index (χ0n) is 9.82. The van der Waals surface area contributed by atoms with E-state index in [1.807, 2.05) is 0 Å². The van der Waals surface area contributed by atoms with Crippen molar-refractivity contribution in [1.29, 1.82) is 5.26 Å². The molecule has 1 aliphatic heterocycles. The van der Waals surface area contributed by atoms with Gasteiger partial charge in [0.1, 0.15) is 0 Å². The molecule has 1 fully saturated rings. The highest BCUT2D eigenvalue weighted by molar-refractivity contribution is 6.17. The predicted molar refractivity (Wildman–Crippen MR) is 68.3 cm³/mol. The highest BCUT2D eigenvalue weighted by atomic mass is 35.5. The molecule has 1 heterocycles. The monoisotopic (exact) mass is 250 g/mol. The number of anilines is 1. The zero-order valence-corrected chi connectivity index (χ0v) is 10.6. The van der Waals surface area contributed by atoms with E-state index in [0.29, 0.717) is 19.0 Å². The van der Waals surface area contributed by atoms with Gasteiger partial charge in [-0.05, 0) is 18.6 Å². The van der Waals surface area contributed by atoms with Gasteiger partial charge >= 0.3 is 0 Å². The summed E-state index contributed by atoms with van der Waals surface area (Å²) in [4.78, 5) is 2.18. The van der Waals surface area contributed by atoms with E-state index in [-0.39, 0.29) is 6.10 Å². The van der Waals surface area contributed by atoms with Crippen molar-refractivity contribution in [3.63, 3.8) is 0 Å². The molecular formula is C13H15ClN2O. The van der Waals surface area contributed by atoms with E-state index in [1.165, 1.54) is 5.56 Å². The van der Waals surface area contributed by atoms with E-state index in [1.54, 1.807) is 0 Å². The van der Waals surface area contributed by atoms with Crippen LogP contribution in [0, 0.1) is 18.3 Å². The summed E-state index contributed by atoms with van der Waals surface area (Å²) in [6, 6.07) is 8.40. The molecule has 1 aromatic carbocycles. The lowest BCUT2D eigenvalue weighted by molar-refractivity contribution is 0.0764. The minimum Gasteiger partial charge on any atom is -0.365 e. The normalized spacial score (nSPS) is 20.1. The molecule has 2 rings (SSSR count). The Bertz CT molecular complexity index is 442. The minimum absolute atomic E-state index is 0.340. The highest BCUT2D eigenvalue weighted by Crippen LogP contribution is 2.25. The lowest BCUT2D eigenvalue weighted by Crippen LogP contribution is -2.42. The molecule has 0 bridgehead atoms. The average Bonchev–Trinajstić information content (AvgIpc) is 2.38. The van der Waals surface area contributed by atoms with Gasteiger partial charge in [0.15, 0.2) is 6.10 Å². The summed E-state index contributed by atoms with van der Waals surface area (Å²) in [6.45, 7) is 4.07. The molecule has 1 aliphatic rings. The van der Waals surface area contributed by atoms with Crippen LogP contribution in [-0.4, -0.2) is 25.8 Å². The summed E-state index contributed by atoms with van der Waals surface area (Å²) in [5.41, 5.74) is 3.44. The summed E-state index contributed by atoms with van der Waals surface area (Å²) in [7, 11) is 0. The molecule has 1 atom stereocenters. The number of hydrogen-bond donors (Lipinski definition) is 0. The first-order chi connectivity index (χ1) is 8.24. The van der Waals surface area contributed by atoms with E-state index < -0.39 is 0 Å². The number of aryl methyl sites for hydroxylation is 1. The average molecular weight is 251 g/mol. The second-order valence-corrected chi connectivity index (χ2v) is 4.47. The maximum absolute atomic E-state index is 8.90. The Morgan fingerprint density at radius 2 is 2.41 bits per heavy atom. The lowest BCUT2D eigenvalue weighted by Gasteiger charge is -2.33. The van der Waals surface area contributed by atoms with Gasteiger partial charge in [-0.1, -0.05) is 17.7 Å². The summed E-state index contributed by atoms with van der Waals surface area (Å²) in [6.07, 6.45) is -0.340. The zero-order chi connectivity index (χ0) is 12.3. The van der Waals surface area contributed by atoms with Crippen LogP contribution in [0.1, 0.15) is 11.1 Å². The van der Waals surface area contributed by atoms with Crippen LogP contribution in [0.2, 0.25) is 0 Å². The topological polar surface area (TPSA) is 36.3 Å². The molecule has 0 saturated carbocycles. The first-order valence-corrected chi connectivity index (χ1v) is 6.19. The fourth-order valence-corrected chi connectivity index (χ4v) is 2.29. The number of rotatable bonds is 2. The molecule has 0 aliphatic carbocycles. The number of nitriles is 1. The van der Waals surface area contributed by atoms with Crippen LogP contribution in [0.15, 0.2) is 18.2 Å². The van der Waals surface area contributed by atoms with E-state index in [4.69, 9.17) is 21.6 Å². The van der Waals surface area contributed by atoms with Crippen LogP contribution in [0.5, 0.6) is 0 Å². The second-order valence-electron chi connectivity index (χ2n) is 4.20. The molecule has 17 heavy (non-hydrogen) atoms. The first-order valence-electron chi connectivity index (χ1n) is 5.66. The van der Waals surface area contributed by atoms with E-state index in [9.17, 15) is 0 Å². The maximum Gasteiger partial charge on any atom is 0.161 e. The molecule has 0 amide bonds. The number of ether oxygens (including phenoxy) is 1. The van der Waals surface area contributed by atoms with Gasteiger partial charge in [-0.2, -0.15) is 5.26 Å². The van der Waals surface area contributed by atoms with Crippen molar-refractivity contribution in [2.24, 2.45) is 0 Å². The quantitative estimate of drug-likeness (QED) is 0.757. The van der Waals surface area contributed by atoms with Crippen molar-refractivity contribution in [3.8, 4) is 6.07 Å². The minimum atomic E-state index is -0.340. The Hall–Kier alpha value is -1.24. The third kappa shape index (κ3) is 2.71. The number of halogens is 1. The van der Waals surface area contributed by atoms with Crippen LogP contribution < -0.4 is 4.90 Å². The van der Waals surface area contributed by atoms with Crippen molar-refractivity contribution in [3.05, 3.63) is 29.3 Å². The van der Waals surface area contributed by atoms with Gasteiger partial charge in [-0.3, -0.25) is 0 Å². The Balaban J connectivity index is 2.24. The van der Waals surface area contributed by atoms with Crippen molar-refractivity contribution < 1.29 is 4.74 Å². The Kier molecular flexibility index (Phi) is 3.88. The number of nitrogens with zero attached hydrogens (tertiary/aromatic N) is 2. The smallest absolute Gasteiger partial charge is 0.161 e. The molecular weight excluding hydrogens is 236 g/mol. The Morgan fingerprint density at radius 1 is 1.59 bits per heavy atom. The molecule has 1 unspecified atom stereocenters. The molecule has 0 radical (unpaired) electrons. The summed E-state index contributed by atoms with van der Waals surface area (Å²) in [5, 5.41) is 8.90. The van der Waals surface area contributed by atoms with Gasteiger partial charge in [-0.15, -0.1) is 11.6 Å². The SMILES string of the molecule is Cc1ccc(N2CCOC(C#N)C2)c(CCl)c1. The fourth-order valence-electron chi connectivity index (χ4n) is 2.08. The number of morpholine rings is 1. The van der Waals surface area contributed by atoms with Crippen LogP contribution in [-0.2, 0) is 10.6 Å². The van der Waals surface area contributed by atoms with Gasteiger partial charge in [0, 0.05) is 18.1 Å². The highest BCUT2D eigenvalue weighted by Gasteiger charge is 2.21. The van der Waals surface area contributed by atoms with E-state index in [2.05, 4.69) is 36.1 Å². The maximum atomic E-state index is 8.90. The lowest BCUT2D eigenvalue weighted by atomic mass is 10.1. The van der Waals surface area contributed by atoms with Gasteiger partial charge < -0.3 is 9.64 Å². The van der Waals surface area contributed by atoms with E-state index in [0.717, 1.165) is 17.8 Å². The molecule has 1 aromatic rings. The van der Waals surface area contributed by atoms with Crippen LogP contribution >= 0.6 is 11.6 Å². The molecule has 1 saturated heterocycles. The summed E-state index contributed by atoms with van der Waals surface area (Å²) < 4.78 is 5.34. The third-order valence-electron chi connectivity index (χ3n) is 2.93. The largest absolute Gasteiger partial charge is 0.365 e. The number of alkyl halides is 1. The van der Waals surface area contributed by atoms with Gasteiger partial charge in [-0.25, -0.2) is 0 Å². The van der Waals surface area contributed by atoms with Gasteiger partial charge in [0.2, 0.25) is 0 Å².